The van der Waals surface area contributed by atoms with E-state index in [0.717, 1.165) is 30.6 Å². The monoisotopic (exact) mass is 614 g/mol. The molecule has 0 unspecified atom stereocenters. The zero-order chi connectivity index (χ0) is 30.0. The first-order valence-electron chi connectivity index (χ1n) is 13.2. The normalized spacial score (nSPS) is 13.1. The Bertz CT molecular complexity index is 1690. The van der Waals surface area contributed by atoms with E-state index in [-0.39, 0.29) is 64.0 Å². The number of aryl methyl sites for hydroxylation is 1. The van der Waals surface area contributed by atoms with E-state index in [1.807, 2.05) is 0 Å². The number of ether oxygens (including phenoxy) is 4. The quantitative estimate of drug-likeness (QED) is 0.133. The molecule has 1 heterocycles. The number of hydrogen-bond acceptors (Lipinski definition) is 10. The number of halogens is 1. The van der Waals surface area contributed by atoms with Crippen molar-refractivity contribution in [2.75, 3.05) is 27.9 Å². The maximum atomic E-state index is 14.7. The van der Waals surface area contributed by atoms with Gasteiger partial charge >= 0.3 is 29.6 Å². The second-order valence-electron chi connectivity index (χ2n) is 10.0. The van der Waals surface area contributed by atoms with Crippen LogP contribution >= 0.6 is 11.7 Å². The molecule has 0 atom stereocenters. The molecule has 0 spiro atoms. The van der Waals surface area contributed by atoms with Gasteiger partial charge in [0.15, 0.2) is 28.8 Å². The Morgan fingerprint density at radius 1 is 0.953 bits per heavy atom. The fourth-order valence-electron chi connectivity index (χ4n) is 4.75. The van der Waals surface area contributed by atoms with Crippen molar-refractivity contribution in [3.63, 3.8) is 0 Å². The van der Waals surface area contributed by atoms with Crippen molar-refractivity contribution < 1.29 is 67.6 Å². The number of aromatic nitrogens is 2. The van der Waals surface area contributed by atoms with Crippen LogP contribution in [0.15, 0.2) is 48.0 Å². The summed E-state index contributed by atoms with van der Waals surface area (Å²) in [6, 6.07) is 10.2. The molecule has 1 aliphatic carbocycles. The molecule has 218 valence electrons. The van der Waals surface area contributed by atoms with E-state index in [4.69, 9.17) is 18.9 Å². The Hall–Kier alpha value is -3.51. The van der Waals surface area contributed by atoms with Crippen LogP contribution < -0.4 is 53.6 Å². The fourth-order valence-corrected chi connectivity index (χ4v) is 5.33. The number of hydrogen-bond donors (Lipinski definition) is 0. The van der Waals surface area contributed by atoms with Crippen molar-refractivity contribution in [1.82, 2.24) is 8.75 Å². The summed E-state index contributed by atoms with van der Waals surface area (Å²) in [5.74, 6) is -1.44. The van der Waals surface area contributed by atoms with Crippen molar-refractivity contribution in [1.29, 1.82) is 0 Å². The number of carbonyl (C=O) groups excluding carboxylic acids is 2. The first-order chi connectivity index (χ1) is 20.2. The van der Waals surface area contributed by atoms with Crippen molar-refractivity contribution in [2.24, 2.45) is 5.92 Å². The number of fused-ring (bicyclic) bond motifs is 1. The third-order valence-electron chi connectivity index (χ3n) is 7.10. The van der Waals surface area contributed by atoms with Gasteiger partial charge in [-0.2, -0.15) is 8.75 Å². The second-order valence-corrected chi connectivity index (χ2v) is 10.5. The topological polar surface area (TPSA) is 120 Å². The summed E-state index contributed by atoms with van der Waals surface area (Å²) in [5, 5.41) is 12.8. The average molecular weight is 615 g/mol. The van der Waals surface area contributed by atoms with E-state index in [2.05, 4.69) is 8.75 Å². The third-order valence-corrected chi connectivity index (χ3v) is 7.64. The molecule has 12 heteroatoms. The van der Waals surface area contributed by atoms with Gasteiger partial charge < -0.3 is 28.8 Å². The zero-order valence-corrected chi connectivity index (χ0v) is 27.3. The van der Waals surface area contributed by atoms with E-state index < -0.39 is 17.6 Å². The van der Waals surface area contributed by atoms with Gasteiger partial charge in [0.1, 0.15) is 11.0 Å². The molecule has 4 aromatic rings. The number of Topliss-reactive ketones (excluding diaryl/α,β-unsaturated/α-hetero) is 1. The Morgan fingerprint density at radius 2 is 1.63 bits per heavy atom. The Balaban J connectivity index is 0.00000423. The molecule has 0 radical (unpaired) electrons. The molecule has 1 saturated carbocycles. The van der Waals surface area contributed by atoms with Crippen molar-refractivity contribution in [3.05, 3.63) is 76.1 Å². The summed E-state index contributed by atoms with van der Waals surface area (Å²) >= 11 is 0.995. The van der Waals surface area contributed by atoms with E-state index in [9.17, 15) is 19.1 Å². The maximum absolute atomic E-state index is 14.7. The minimum absolute atomic E-state index is 0. The summed E-state index contributed by atoms with van der Waals surface area (Å²) in [6.45, 7) is 2.29. The van der Waals surface area contributed by atoms with Gasteiger partial charge in [-0.3, -0.25) is 4.79 Å². The number of allylic oxidation sites excluding steroid dienone is 1. The van der Waals surface area contributed by atoms with Gasteiger partial charge in [0.05, 0.1) is 45.6 Å². The van der Waals surface area contributed by atoms with Crippen LogP contribution in [-0.4, -0.2) is 48.4 Å². The number of benzene rings is 3. The van der Waals surface area contributed by atoms with Gasteiger partial charge in [-0.25, -0.2) is 4.39 Å². The molecule has 3 aromatic carbocycles. The summed E-state index contributed by atoms with van der Waals surface area (Å²) in [7, 11) is 4.28. The van der Waals surface area contributed by atoms with Gasteiger partial charge in [-0.05, 0) is 84.8 Å². The van der Waals surface area contributed by atoms with Crippen LogP contribution in [-0.2, 0) is 11.2 Å². The van der Waals surface area contributed by atoms with Crippen LogP contribution in [0.5, 0.6) is 23.0 Å². The van der Waals surface area contributed by atoms with Gasteiger partial charge in [0.25, 0.3) is 0 Å². The number of carboxylic acid groups (broad SMARTS) is 1. The van der Waals surface area contributed by atoms with Gasteiger partial charge in [0.2, 0.25) is 5.75 Å². The van der Waals surface area contributed by atoms with Gasteiger partial charge in [0, 0.05) is 23.1 Å². The predicted octanol–water partition coefficient (Wildman–Crippen LogP) is 1.59. The van der Waals surface area contributed by atoms with Crippen molar-refractivity contribution in [2.45, 2.75) is 26.2 Å². The first kappa shape index (κ1) is 32.4. The molecule has 9 nitrogen and oxygen atoms in total. The number of carboxylic acids is 1. The smallest absolute Gasteiger partial charge is 0.545 e. The van der Waals surface area contributed by atoms with Crippen LogP contribution in [0.25, 0.3) is 16.6 Å². The largest absolute Gasteiger partial charge is 1.00 e. The van der Waals surface area contributed by atoms with Crippen LogP contribution in [0.2, 0.25) is 0 Å². The summed E-state index contributed by atoms with van der Waals surface area (Å²) in [5.41, 5.74) is 1.98. The van der Waals surface area contributed by atoms with E-state index >= 15 is 0 Å². The summed E-state index contributed by atoms with van der Waals surface area (Å²) in [4.78, 5) is 26.8. The number of ketones is 1. The van der Waals surface area contributed by atoms with E-state index in [1.54, 1.807) is 31.2 Å². The predicted molar refractivity (Wildman–Crippen MR) is 153 cm³/mol. The minimum atomic E-state index is -1.57. The van der Waals surface area contributed by atoms with Crippen LogP contribution in [0, 0.1) is 18.7 Å². The van der Waals surface area contributed by atoms with Crippen molar-refractivity contribution in [3.8, 4) is 23.0 Å². The molecular weight excluding hydrogens is 586 g/mol. The molecule has 1 aliphatic rings. The van der Waals surface area contributed by atoms with E-state index in [0.29, 0.717) is 51.9 Å². The SMILES string of the molecule is COc1ccc(C(=O)C(Cc2cc(OC)c(OCC3CC3)c(OC)c2)=C(C(=O)[O-])c2cc(C)c3nsnc3c2)cc1F.[Na+]. The third kappa shape index (κ3) is 7.01. The molecule has 1 fully saturated rings. The van der Waals surface area contributed by atoms with Crippen LogP contribution in [0.3, 0.4) is 0 Å². The Kier molecular flexibility index (Phi) is 10.4. The molecule has 0 amide bonds. The number of nitrogens with zero attached hydrogens (tertiary/aromatic N) is 2. The molecule has 0 bridgehead atoms. The Morgan fingerprint density at radius 3 is 2.21 bits per heavy atom. The van der Waals surface area contributed by atoms with Gasteiger partial charge in [-0.1, -0.05) is 0 Å². The Labute approximate surface area is 274 Å². The summed E-state index contributed by atoms with van der Waals surface area (Å²) in [6.07, 6.45) is 2.02. The molecule has 1 aromatic heterocycles. The molecule has 43 heavy (non-hydrogen) atoms. The number of methoxy groups -OCH3 is 3. The zero-order valence-electron chi connectivity index (χ0n) is 24.5. The molecular formula is C31H28FN2NaO7S. The summed E-state index contributed by atoms with van der Waals surface area (Å²) < 4.78 is 45.3. The number of aliphatic carboxylic acids is 1. The number of rotatable bonds is 12. The first-order valence-corrected chi connectivity index (χ1v) is 13.9. The average Bonchev–Trinajstić information content (AvgIpc) is 3.68. The van der Waals surface area contributed by atoms with Crippen LogP contribution in [0.4, 0.5) is 4.39 Å². The molecule has 0 aliphatic heterocycles. The van der Waals surface area contributed by atoms with E-state index in [1.165, 1.54) is 33.5 Å². The van der Waals surface area contributed by atoms with Crippen molar-refractivity contribution >= 4 is 40.1 Å². The fraction of sp³-hybridized carbons (Fsp3) is 0.290. The number of carbonyl (C=O) groups is 2. The van der Waals surface area contributed by atoms with Gasteiger partial charge in [-0.15, -0.1) is 0 Å². The standard InChI is InChI=1S/C31H29FN2O7S.Na/c1-16-9-20(14-23-28(16)34-42-33-23)27(31(36)37)21(29(35)19-7-8-24(38-2)22(32)13-19)10-18-11-25(39-3)30(26(12-18)40-4)41-15-17-5-6-17;/h7-9,11-14,17H,5-6,10,15H2,1-4H3,(H,36,37);/q;+1/p-1. The molecule has 0 saturated heterocycles. The molecule has 5 rings (SSSR count). The van der Waals surface area contributed by atoms with Crippen LogP contribution in [0.1, 0.15) is 39.9 Å². The second kappa shape index (κ2) is 13.9. The minimum Gasteiger partial charge on any atom is -0.545 e. The molecule has 0 N–H and O–H groups in total. The maximum Gasteiger partial charge on any atom is 1.00 e.